The number of anilines is 1. The SMILES string of the molecule is NCc1ccc(C(=O)NC2CC2)cc1NC(=O)c1csc(Br)c1. The lowest BCUT2D eigenvalue weighted by Crippen LogP contribution is -2.25. The van der Waals surface area contributed by atoms with Gasteiger partial charge in [0, 0.05) is 29.2 Å². The Morgan fingerprint density at radius 1 is 1.22 bits per heavy atom. The molecule has 1 aliphatic carbocycles. The molecule has 0 radical (unpaired) electrons. The molecule has 1 aromatic heterocycles. The second kappa shape index (κ2) is 6.82. The highest BCUT2D eigenvalue weighted by atomic mass is 79.9. The average Bonchev–Trinajstić information content (AvgIpc) is 3.24. The van der Waals surface area contributed by atoms with E-state index in [1.54, 1.807) is 29.6 Å². The Kier molecular flexibility index (Phi) is 4.79. The van der Waals surface area contributed by atoms with Crippen molar-refractivity contribution in [3.05, 3.63) is 50.1 Å². The molecule has 0 unspecified atom stereocenters. The molecule has 0 saturated heterocycles. The Morgan fingerprint density at radius 3 is 2.61 bits per heavy atom. The number of rotatable bonds is 5. The lowest BCUT2D eigenvalue weighted by molar-refractivity contribution is 0.0949. The van der Waals surface area contributed by atoms with Gasteiger partial charge in [-0.25, -0.2) is 0 Å². The second-order valence-electron chi connectivity index (χ2n) is 5.42. The van der Waals surface area contributed by atoms with Crippen LogP contribution in [0, 0.1) is 0 Å². The third kappa shape index (κ3) is 3.99. The van der Waals surface area contributed by atoms with Crippen LogP contribution in [0.4, 0.5) is 5.69 Å². The van der Waals surface area contributed by atoms with Gasteiger partial charge >= 0.3 is 0 Å². The third-order valence-corrected chi connectivity index (χ3v) is 5.09. The number of amides is 2. The van der Waals surface area contributed by atoms with Crippen LogP contribution in [0.15, 0.2) is 33.4 Å². The van der Waals surface area contributed by atoms with E-state index in [-0.39, 0.29) is 24.4 Å². The Balaban J connectivity index is 1.80. The van der Waals surface area contributed by atoms with Crippen LogP contribution in [0.2, 0.25) is 0 Å². The van der Waals surface area contributed by atoms with Gasteiger partial charge in [0.2, 0.25) is 0 Å². The first-order chi connectivity index (χ1) is 11.1. The first kappa shape index (κ1) is 16.2. The Hall–Kier alpha value is -1.70. The lowest BCUT2D eigenvalue weighted by atomic mass is 10.1. The predicted octanol–water partition coefficient (Wildman–Crippen LogP) is 3.11. The van der Waals surface area contributed by atoms with E-state index >= 15 is 0 Å². The van der Waals surface area contributed by atoms with Gasteiger partial charge in [0.1, 0.15) is 0 Å². The molecule has 1 saturated carbocycles. The molecule has 3 rings (SSSR count). The third-order valence-electron chi connectivity index (χ3n) is 3.58. The van der Waals surface area contributed by atoms with Gasteiger partial charge in [-0.3, -0.25) is 9.59 Å². The van der Waals surface area contributed by atoms with Crippen LogP contribution >= 0.6 is 27.3 Å². The average molecular weight is 394 g/mol. The zero-order valence-electron chi connectivity index (χ0n) is 12.3. The first-order valence-corrected chi connectivity index (χ1v) is 8.93. The molecule has 4 N–H and O–H groups in total. The number of benzene rings is 1. The zero-order valence-corrected chi connectivity index (χ0v) is 14.7. The maximum atomic E-state index is 12.3. The van der Waals surface area contributed by atoms with E-state index in [2.05, 4.69) is 26.6 Å². The molecular weight excluding hydrogens is 378 g/mol. The van der Waals surface area contributed by atoms with Crippen molar-refractivity contribution in [1.29, 1.82) is 0 Å². The van der Waals surface area contributed by atoms with Crippen molar-refractivity contribution in [2.24, 2.45) is 5.73 Å². The van der Waals surface area contributed by atoms with E-state index in [9.17, 15) is 9.59 Å². The summed E-state index contributed by atoms with van der Waals surface area (Å²) >= 11 is 4.78. The van der Waals surface area contributed by atoms with Gasteiger partial charge in [0.05, 0.1) is 9.35 Å². The molecule has 0 atom stereocenters. The van der Waals surface area contributed by atoms with Gasteiger partial charge in [-0.1, -0.05) is 6.07 Å². The van der Waals surface area contributed by atoms with E-state index < -0.39 is 0 Å². The monoisotopic (exact) mass is 393 g/mol. The molecule has 1 aromatic carbocycles. The normalized spacial score (nSPS) is 13.7. The molecule has 0 bridgehead atoms. The van der Waals surface area contributed by atoms with Crippen LogP contribution in [0.1, 0.15) is 39.1 Å². The summed E-state index contributed by atoms with van der Waals surface area (Å²) in [5.74, 6) is -0.341. The number of hydrogen-bond donors (Lipinski definition) is 3. The van der Waals surface area contributed by atoms with E-state index in [0.29, 0.717) is 16.8 Å². The molecule has 1 heterocycles. The summed E-state index contributed by atoms with van der Waals surface area (Å²) in [6.45, 7) is 0.285. The zero-order chi connectivity index (χ0) is 16.4. The van der Waals surface area contributed by atoms with Crippen molar-refractivity contribution in [1.82, 2.24) is 5.32 Å². The molecule has 1 aliphatic rings. The summed E-state index contributed by atoms with van der Waals surface area (Å²) < 4.78 is 0.888. The Labute approximate surface area is 146 Å². The largest absolute Gasteiger partial charge is 0.349 e. The number of halogens is 1. The second-order valence-corrected chi connectivity index (χ2v) is 7.71. The highest BCUT2D eigenvalue weighted by molar-refractivity contribution is 9.11. The molecule has 7 heteroatoms. The summed E-state index contributed by atoms with van der Waals surface area (Å²) in [4.78, 5) is 24.4. The van der Waals surface area contributed by atoms with Crippen molar-refractivity contribution in [2.45, 2.75) is 25.4 Å². The molecule has 0 spiro atoms. The number of hydrogen-bond acceptors (Lipinski definition) is 4. The number of nitrogens with one attached hydrogen (secondary N) is 2. The Bertz CT molecular complexity index is 756. The first-order valence-electron chi connectivity index (χ1n) is 7.26. The lowest BCUT2D eigenvalue weighted by Gasteiger charge is -2.12. The summed E-state index contributed by atoms with van der Waals surface area (Å²) in [6, 6.07) is 7.24. The molecule has 5 nitrogen and oxygen atoms in total. The highest BCUT2D eigenvalue weighted by Gasteiger charge is 2.24. The fraction of sp³-hybridized carbons (Fsp3) is 0.250. The van der Waals surface area contributed by atoms with Gasteiger partial charge in [0.15, 0.2) is 0 Å². The molecular formula is C16H16BrN3O2S. The minimum Gasteiger partial charge on any atom is -0.349 e. The molecule has 2 aromatic rings. The summed E-state index contributed by atoms with van der Waals surface area (Å²) in [5.41, 5.74) is 8.18. The van der Waals surface area contributed by atoms with Gasteiger partial charge in [-0.15, -0.1) is 11.3 Å². The number of nitrogens with two attached hydrogens (primary N) is 1. The molecule has 23 heavy (non-hydrogen) atoms. The van der Waals surface area contributed by atoms with Crippen LogP contribution in [0.3, 0.4) is 0 Å². The van der Waals surface area contributed by atoms with Crippen molar-refractivity contribution in [3.63, 3.8) is 0 Å². The maximum absolute atomic E-state index is 12.3. The quantitative estimate of drug-likeness (QED) is 0.729. The highest BCUT2D eigenvalue weighted by Crippen LogP contribution is 2.24. The van der Waals surface area contributed by atoms with E-state index in [1.165, 1.54) is 11.3 Å². The summed E-state index contributed by atoms with van der Waals surface area (Å²) in [6.07, 6.45) is 2.06. The standard InChI is InChI=1S/C16H16BrN3O2S/c17-14-6-11(8-23-14)16(22)20-13-5-9(1-2-10(13)7-18)15(21)19-12-3-4-12/h1-2,5-6,8,12H,3-4,7,18H2,(H,19,21)(H,20,22). The van der Waals surface area contributed by atoms with E-state index in [4.69, 9.17) is 5.73 Å². The van der Waals surface area contributed by atoms with Crippen LogP contribution in [-0.2, 0) is 6.54 Å². The number of carbonyl (C=O) groups excluding carboxylic acids is 2. The predicted molar refractivity (Wildman–Crippen MR) is 94.8 cm³/mol. The summed E-state index contributed by atoms with van der Waals surface area (Å²) in [7, 11) is 0. The van der Waals surface area contributed by atoms with Crippen LogP contribution < -0.4 is 16.4 Å². The van der Waals surface area contributed by atoms with Crippen molar-refractivity contribution in [3.8, 4) is 0 Å². The van der Waals surface area contributed by atoms with Gasteiger partial charge < -0.3 is 16.4 Å². The minimum atomic E-state index is -0.221. The van der Waals surface area contributed by atoms with Gasteiger partial charge in [-0.2, -0.15) is 0 Å². The fourth-order valence-corrected chi connectivity index (χ4v) is 3.27. The van der Waals surface area contributed by atoms with Crippen molar-refractivity contribution in [2.75, 3.05) is 5.32 Å². The molecule has 1 fully saturated rings. The van der Waals surface area contributed by atoms with Gasteiger partial charge in [0.25, 0.3) is 11.8 Å². The maximum Gasteiger partial charge on any atom is 0.256 e. The topological polar surface area (TPSA) is 84.2 Å². The molecule has 120 valence electrons. The number of carbonyl (C=O) groups is 2. The van der Waals surface area contributed by atoms with Gasteiger partial charge in [-0.05, 0) is 52.5 Å². The van der Waals surface area contributed by atoms with Crippen molar-refractivity contribution >= 4 is 44.8 Å². The number of thiophene rings is 1. The Morgan fingerprint density at radius 2 is 2.00 bits per heavy atom. The van der Waals surface area contributed by atoms with Crippen molar-refractivity contribution < 1.29 is 9.59 Å². The van der Waals surface area contributed by atoms with Crippen LogP contribution in [0.5, 0.6) is 0 Å². The van der Waals surface area contributed by atoms with Crippen LogP contribution in [0.25, 0.3) is 0 Å². The molecule has 0 aliphatic heterocycles. The fourth-order valence-electron chi connectivity index (χ4n) is 2.13. The minimum absolute atomic E-state index is 0.121. The van der Waals surface area contributed by atoms with Crippen LogP contribution in [-0.4, -0.2) is 17.9 Å². The smallest absolute Gasteiger partial charge is 0.256 e. The molecule has 2 amide bonds. The van der Waals surface area contributed by atoms with E-state index in [1.807, 2.05) is 0 Å². The summed E-state index contributed by atoms with van der Waals surface area (Å²) in [5, 5.41) is 7.55. The van der Waals surface area contributed by atoms with E-state index in [0.717, 1.165) is 22.2 Å².